The Morgan fingerprint density at radius 1 is 1.20 bits per heavy atom. The van der Waals surface area contributed by atoms with Crippen LogP contribution in [0.1, 0.15) is 55.6 Å². The Hall–Kier alpha value is -1.69. The van der Waals surface area contributed by atoms with Crippen molar-refractivity contribution in [3.8, 4) is 0 Å². The van der Waals surface area contributed by atoms with Crippen LogP contribution in [0, 0.1) is 12.8 Å². The number of hydrogen-bond donors (Lipinski definition) is 1. The third-order valence-electron chi connectivity index (χ3n) is 6.27. The third-order valence-corrected chi connectivity index (χ3v) is 6.27. The summed E-state index contributed by atoms with van der Waals surface area (Å²) in [5.74, 6) is 1.00. The fourth-order valence-corrected chi connectivity index (χ4v) is 5.02. The second-order valence-electron chi connectivity index (χ2n) is 7.84. The van der Waals surface area contributed by atoms with Gasteiger partial charge in [-0.15, -0.1) is 0 Å². The number of fused-ring (bicyclic) bond motifs is 3. The number of aromatic amines is 1. The van der Waals surface area contributed by atoms with Crippen molar-refractivity contribution in [1.29, 1.82) is 0 Å². The molecule has 0 radical (unpaired) electrons. The van der Waals surface area contributed by atoms with Gasteiger partial charge in [-0.25, -0.2) is 4.98 Å². The zero-order valence-corrected chi connectivity index (χ0v) is 15.1. The minimum atomic E-state index is -0.0282. The Labute approximate surface area is 148 Å². The first-order valence-corrected chi connectivity index (χ1v) is 9.50. The summed E-state index contributed by atoms with van der Waals surface area (Å²) in [6.07, 6.45) is 7.46. The van der Waals surface area contributed by atoms with Crippen LogP contribution in [0.25, 0.3) is 0 Å². The molecule has 2 fully saturated rings. The highest BCUT2D eigenvalue weighted by atomic mass is 16.5. The number of rotatable bonds is 2. The topological polar surface area (TPSA) is 75.3 Å². The van der Waals surface area contributed by atoms with Crippen LogP contribution in [0.2, 0.25) is 0 Å². The monoisotopic (exact) mass is 345 g/mol. The van der Waals surface area contributed by atoms with Crippen molar-refractivity contribution >= 4 is 5.91 Å². The molecular formula is C19H27N3O3. The van der Waals surface area contributed by atoms with E-state index in [1.54, 1.807) is 7.11 Å². The molecule has 3 heterocycles. The highest BCUT2D eigenvalue weighted by molar-refractivity contribution is 5.80. The zero-order valence-electron chi connectivity index (χ0n) is 15.1. The average Bonchev–Trinajstić information content (AvgIpc) is 2.90. The van der Waals surface area contributed by atoms with Gasteiger partial charge in [0.2, 0.25) is 5.91 Å². The molecule has 25 heavy (non-hydrogen) atoms. The lowest BCUT2D eigenvalue weighted by Crippen LogP contribution is -2.46. The molecule has 2 aliphatic heterocycles. The Morgan fingerprint density at radius 2 is 1.96 bits per heavy atom. The van der Waals surface area contributed by atoms with E-state index in [4.69, 9.17) is 4.74 Å². The molecule has 0 spiro atoms. The number of methoxy groups -OCH3 is 1. The average molecular weight is 345 g/mol. The van der Waals surface area contributed by atoms with Crippen LogP contribution in [-0.2, 0) is 22.4 Å². The minimum Gasteiger partial charge on any atom is -0.381 e. The number of amides is 1. The Balaban J connectivity index is 1.59. The van der Waals surface area contributed by atoms with Gasteiger partial charge < -0.3 is 14.6 Å². The summed E-state index contributed by atoms with van der Waals surface area (Å²) in [6, 6.07) is 0.336. The molecule has 0 aromatic carbocycles. The molecule has 4 rings (SSSR count). The van der Waals surface area contributed by atoms with Crippen molar-refractivity contribution in [2.45, 2.75) is 76.5 Å². The molecule has 1 saturated carbocycles. The first-order valence-electron chi connectivity index (χ1n) is 9.50. The minimum absolute atomic E-state index is 0.0282. The van der Waals surface area contributed by atoms with Gasteiger partial charge in [0.1, 0.15) is 5.82 Å². The van der Waals surface area contributed by atoms with E-state index in [1.807, 2.05) is 6.92 Å². The van der Waals surface area contributed by atoms with E-state index in [9.17, 15) is 9.59 Å². The molecule has 1 N–H and O–H groups in total. The SMILES string of the molecule is CO[C@H]1CCC[C@@H](C(=O)N2[C@@H]3CC[C@@H]2Cc2c(nc(C)[nH]c2=O)C3)C1. The van der Waals surface area contributed by atoms with E-state index in [0.717, 1.165) is 49.8 Å². The number of carbonyl (C=O) groups excluding carboxylic acids is 1. The Kier molecular flexibility index (Phi) is 4.40. The van der Waals surface area contributed by atoms with Gasteiger partial charge in [0.05, 0.1) is 11.8 Å². The van der Waals surface area contributed by atoms with Crippen LogP contribution in [0.5, 0.6) is 0 Å². The van der Waals surface area contributed by atoms with E-state index in [0.29, 0.717) is 18.7 Å². The van der Waals surface area contributed by atoms with E-state index in [-0.39, 0.29) is 35.6 Å². The van der Waals surface area contributed by atoms with Crippen molar-refractivity contribution in [3.63, 3.8) is 0 Å². The van der Waals surface area contributed by atoms with Crippen LogP contribution >= 0.6 is 0 Å². The van der Waals surface area contributed by atoms with E-state index in [1.165, 1.54) is 0 Å². The van der Waals surface area contributed by atoms with Gasteiger partial charge in [-0.3, -0.25) is 9.59 Å². The van der Waals surface area contributed by atoms with E-state index < -0.39 is 0 Å². The van der Waals surface area contributed by atoms with Crippen LogP contribution in [0.3, 0.4) is 0 Å². The van der Waals surface area contributed by atoms with Gasteiger partial charge in [0.25, 0.3) is 5.56 Å². The molecule has 1 saturated heterocycles. The van der Waals surface area contributed by atoms with Crippen LogP contribution in [0.15, 0.2) is 4.79 Å². The van der Waals surface area contributed by atoms with Crippen molar-refractivity contribution < 1.29 is 9.53 Å². The standard InChI is InChI=1S/C19H27N3O3/c1-11-20-17-10-14-7-6-13(9-16(17)18(23)21-11)22(14)19(24)12-4-3-5-15(8-12)25-2/h12-15H,3-10H2,1-2H3,(H,20,21,23)/t12-,13-,14-,15+/m1/s1. The number of nitrogens with zero attached hydrogens (tertiary/aromatic N) is 2. The largest absolute Gasteiger partial charge is 0.381 e. The number of nitrogens with one attached hydrogen (secondary N) is 1. The van der Waals surface area contributed by atoms with Crippen LogP contribution in [-0.4, -0.2) is 46.1 Å². The predicted octanol–water partition coefficient (Wildman–Crippen LogP) is 1.74. The summed E-state index contributed by atoms with van der Waals surface area (Å²) < 4.78 is 5.51. The third kappa shape index (κ3) is 3.01. The lowest BCUT2D eigenvalue weighted by molar-refractivity contribution is -0.141. The number of aromatic nitrogens is 2. The molecule has 136 valence electrons. The maximum absolute atomic E-state index is 13.3. The quantitative estimate of drug-likeness (QED) is 0.886. The normalized spacial score (nSPS) is 31.5. The molecule has 4 atom stereocenters. The van der Waals surface area contributed by atoms with E-state index >= 15 is 0 Å². The lowest BCUT2D eigenvalue weighted by atomic mass is 9.86. The summed E-state index contributed by atoms with van der Waals surface area (Å²) in [5, 5.41) is 0. The van der Waals surface area contributed by atoms with Gasteiger partial charge in [0.15, 0.2) is 0 Å². The number of aryl methyl sites for hydroxylation is 1. The summed E-state index contributed by atoms with van der Waals surface area (Å²) >= 11 is 0. The summed E-state index contributed by atoms with van der Waals surface area (Å²) in [7, 11) is 1.74. The van der Waals surface area contributed by atoms with Crippen molar-refractivity contribution in [3.05, 3.63) is 27.4 Å². The first-order chi connectivity index (χ1) is 12.1. The summed E-state index contributed by atoms with van der Waals surface area (Å²) in [4.78, 5) is 35.2. The Morgan fingerprint density at radius 3 is 2.72 bits per heavy atom. The van der Waals surface area contributed by atoms with Crippen LogP contribution < -0.4 is 5.56 Å². The van der Waals surface area contributed by atoms with Crippen molar-refractivity contribution in [2.24, 2.45) is 5.92 Å². The summed E-state index contributed by atoms with van der Waals surface area (Å²) in [5.41, 5.74) is 1.65. The fraction of sp³-hybridized carbons (Fsp3) is 0.737. The van der Waals surface area contributed by atoms with Gasteiger partial charge in [-0.2, -0.15) is 0 Å². The summed E-state index contributed by atoms with van der Waals surface area (Å²) in [6.45, 7) is 1.82. The fourth-order valence-electron chi connectivity index (χ4n) is 5.02. The number of carbonyl (C=O) groups is 1. The molecule has 6 heteroatoms. The molecule has 0 unspecified atom stereocenters. The number of hydrogen-bond acceptors (Lipinski definition) is 4. The zero-order chi connectivity index (χ0) is 17.6. The second kappa shape index (κ2) is 6.56. The highest BCUT2D eigenvalue weighted by Gasteiger charge is 2.43. The van der Waals surface area contributed by atoms with Gasteiger partial charge >= 0.3 is 0 Å². The second-order valence-corrected chi connectivity index (χ2v) is 7.84. The maximum atomic E-state index is 13.3. The van der Waals surface area contributed by atoms with Gasteiger partial charge in [0, 0.05) is 43.5 Å². The van der Waals surface area contributed by atoms with E-state index in [2.05, 4.69) is 14.9 Å². The molecule has 1 amide bonds. The molecule has 1 aliphatic carbocycles. The van der Waals surface area contributed by atoms with Gasteiger partial charge in [-0.1, -0.05) is 6.42 Å². The molecule has 1 aromatic rings. The Bertz CT molecular complexity index is 729. The lowest BCUT2D eigenvalue weighted by Gasteiger charge is -2.35. The smallest absolute Gasteiger partial charge is 0.254 e. The maximum Gasteiger partial charge on any atom is 0.254 e. The molecule has 1 aromatic heterocycles. The first kappa shape index (κ1) is 16.8. The number of ether oxygens (including phenoxy) is 1. The predicted molar refractivity (Wildman–Crippen MR) is 93.4 cm³/mol. The number of H-pyrrole nitrogens is 1. The molecular weight excluding hydrogens is 318 g/mol. The molecule has 2 bridgehead atoms. The highest BCUT2D eigenvalue weighted by Crippen LogP contribution is 2.36. The van der Waals surface area contributed by atoms with Crippen molar-refractivity contribution in [1.82, 2.24) is 14.9 Å². The molecule has 3 aliphatic rings. The van der Waals surface area contributed by atoms with Gasteiger partial charge in [-0.05, 0) is 39.0 Å². The van der Waals surface area contributed by atoms with Crippen molar-refractivity contribution in [2.75, 3.05) is 7.11 Å². The van der Waals surface area contributed by atoms with Crippen LogP contribution in [0.4, 0.5) is 0 Å². The molecule has 6 nitrogen and oxygen atoms in total.